The highest BCUT2D eigenvalue weighted by atomic mass is 16.7. The van der Waals surface area contributed by atoms with Crippen LogP contribution in [-0.4, -0.2) is 30.6 Å². The number of carbonyl (C=O) groups excluding carboxylic acids is 1. The van der Waals surface area contributed by atoms with Crippen molar-refractivity contribution < 1.29 is 14.3 Å². The lowest BCUT2D eigenvalue weighted by Gasteiger charge is -2.27. The van der Waals surface area contributed by atoms with Crippen molar-refractivity contribution in [1.29, 1.82) is 0 Å². The van der Waals surface area contributed by atoms with Gasteiger partial charge in [0.25, 0.3) is 0 Å². The van der Waals surface area contributed by atoms with Crippen LogP contribution in [0.15, 0.2) is 42.1 Å². The molecule has 0 aromatic heterocycles. The molecule has 0 radical (unpaired) electrons. The Hall–Kier alpha value is -1.72. The molecule has 25 heavy (non-hydrogen) atoms. The third kappa shape index (κ3) is 7.36. The fraction of sp³-hybridized carbons (Fsp3) is 0.600. The molecule has 1 saturated heterocycles. The van der Waals surface area contributed by atoms with E-state index in [1.807, 2.05) is 6.92 Å². The van der Waals surface area contributed by atoms with Crippen LogP contribution in [0.4, 0.5) is 0 Å². The van der Waals surface area contributed by atoms with Crippen LogP contribution < -0.4 is 5.43 Å². The Kier molecular flexibility index (Phi) is 9.39. The second-order valence-corrected chi connectivity index (χ2v) is 6.61. The maximum Gasteiger partial charge on any atom is 0.243 e. The molecule has 3 atom stereocenters. The van der Waals surface area contributed by atoms with Gasteiger partial charge in [-0.15, -0.1) is 0 Å². The topological polar surface area (TPSA) is 59.9 Å². The van der Waals surface area contributed by atoms with Gasteiger partial charge in [-0.2, -0.15) is 5.10 Å². The molecule has 1 saturated carbocycles. The van der Waals surface area contributed by atoms with Crippen LogP contribution in [0.1, 0.15) is 52.9 Å². The van der Waals surface area contributed by atoms with E-state index >= 15 is 0 Å². The molecule has 5 heteroatoms. The summed E-state index contributed by atoms with van der Waals surface area (Å²) in [5.41, 5.74) is 5.57. The summed E-state index contributed by atoms with van der Waals surface area (Å²) in [6.45, 7) is 17.5. The first-order valence-corrected chi connectivity index (χ1v) is 8.92. The molecule has 2 fully saturated rings. The molecule has 1 N–H and O–H groups in total. The van der Waals surface area contributed by atoms with E-state index in [4.69, 9.17) is 9.47 Å². The summed E-state index contributed by atoms with van der Waals surface area (Å²) in [5, 5.41) is 3.93. The van der Waals surface area contributed by atoms with Gasteiger partial charge in [-0.1, -0.05) is 44.2 Å². The second-order valence-electron chi connectivity index (χ2n) is 6.61. The number of fused-ring (bicyclic) bond motifs is 1. The van der Waals surface area contributed by atoms with Gasteiger partial charge in [-0.3, -0.25) is 4.79 Å². The Balaban J connectivity index is 0.000000333. The number of ether oxygens (including phenoxy) is 2. The number of hydrogen-bond donors (Lipinski definition) is 1. The fourth-order valence-corrected chi connectivity index (χ4v) is 2.71. The van der Waals surface area contributed by atoms with Crippen LogP contribution in [0.2, 0.25) is 0 Å². The molecule has 5 nitrogen and oxygen atoms in total. The average molecular weight is 348 g/mol. The monoisotopic (exact) mass is 348 g/mol. The highest BCUT2D eigenvalue weighted by molar-refractivity contribution is 5.93. The van der Waals surface area contributed by atoms with Crippen molar-refractivity contribution in [3.63, 3.8) is 0 Å². The average Bonchev–Trinajstić information content (AvgIpc) is 3.07. The maximum atomic E-state index is 11.9. The molecule has 140 valence electrons. The van der Waals surface area contributed by atoms with Gasteiger partial charge >= 0.3 is 0 Å². The minimum atomic E-state index is -0.0415. The number of carbonyl (C=O) groups is 1. The predicted octanol–water partition coefficient (Wildman–Crippen LogP) is 4.12. The van der Waals surface area contributed by atoms with Crippen LogP contribution in [0, 0.1) is 5.92 Å². The van der Waals surface area contributed by atoms with Gasteiger partial charge in [0.05, 0.1) is 17.9 Å². The number of nitrogens with one attached hydrogen (secondary N) is 1. The van der Waals surface area contributed by atoms with Gasteiger partial charge in [0.1, 0.15) is 6.79 Å². The number of allylic oxidation sites excluding steroid dienone is 3. The molecule has 1 aliphatic heterocycles. The predicted molar refractivity (Wildman–Crippen MR) is 102 cm³/mol. The van der Waals surface area contributed by atoms with Crippen LogP contribution in [0.5, 0.6) is 0 Å². The first kappa shape index (κ1) is 21.3. The van der Waals surface area contributed by atoms with E-state index < -0.39 is 0 Å². The van der Waals surface area contributed by atoms with Crippen LogP contribution in [0.25, 0.3) is 0 Å². The molecule has 1 heterocycles. The Morgan fingerprint density at radius 3 is 2.48 bits per heavy atom. The summed E-state index contributed by atoms with van der Waals surface area (Å²) in [4.78, 5) is 11.9. The highest BCUT2D eigenvalue weighted by Gasteiger charge is 2.38. The lowest BCUT2D eigenvalue weighted by Crippen LogP contribution is -2.38. The second kappa shape index (κ2) is 11.0. The summed E-state index contributed by atoms with van der Waals surface area (Å²) in [6, 6.07) is 0. The Morgan fingerprint density at radius 1 is 1.24 bits per heavy atom. The molecule has 0 aromatic carbocycles. The molecule has 3 unspecified atom stereocenters. The first-order valence-electron chi connectivity index (χ1n) is 8.92. The quantitative estimate of drug-likeness (QED) is 0.446. The zero-order valence-electron chi connectivity index (χ0n) is 15.8. The lowest BCUT2D eigenvalue weighted by atomic mass is 9.85. The van der Waals surface area contributed by atoms with Crippen molar-refractivity contribution in [2.24, 2.45) is 11.0 Å². The standard InChI is InChI=1S/C12H18N2O3.C8H14/c1-3-8(2)13-14-12(15)9-4-5-10-11(6-9)17-7-16-10;1-5-6-8(4)7(2)3/h3,9-11H,1,4-7H2,2H3,(H,14,15);2,4-6H2,1,3H3/b13-8+;. The van der Waals surface area contributed by atoms with Crippen LogP contribution >= 0.6 is 0 Å². The molecule has 2 rings (SSSR count). The van der Waals surface area contributed by atoms with Gasteiger partial charge in [-0.25, -0.2) is 5.43 Å². The third-order valence-electron chi connectivity index (χ3n) is 4.46. The maximum absolute atomic E-state index is 11.9. The lowest BCUT2D eigenvalue weighted by molar-refractivity contribution is -0.127. The summed E-state index contributed by atoms with van der Waals surface area (Å²) in [7, 11) is 0. The Morgan fingerprint density at radius 2 is 1.92 bits per heavy atom. The van der Waals surface area contributed by atoms with Gasteiger partial charge in [0, 0.05) is 5.92 Å². The van der Waals surface area contributed by atoms with Gasteiger partial charge in [0.2, 0.25) is 5.91 Å². The van der Waals surface area contributed by atoms with Crippen molar-refractivity contribution in [3.05, 3.63) is 37.0 Å². The van der Waals surface area contributed by atoms with Crippen molar-refractivity contribution in [3.8, 4) is 0 Å². The number of hydrazone groups is 1. The minimum absolute atomic E-state index is 0.0284. The third-order valence-corrected chi connectivity index (χ3v) is 4.46. The zero-order chi connectivity index (χ0) is 18.8. The molecular formula is C20H32N2O3. The van der Waals surface area contributed by atoms with E-state index in [0.29, 0.717) is 12.5 Å². The summed E-state index contributed by atoms with van der Waals surface area (Å²) >= 11 is 0. The highest BCUT2D eigenvalue weighted by Crippen LogP contribution is 2.32. The fourth-order valence-electron chi connectivity index (χ4n) is 2.71. The number of nitrogens with zero attached hydrogens (tertiary/aromatic N) is 1. The van der Waals surface area contributed by atoms with Gasteiger partial charge in [-0.05, 0) is 45.6 Å². The largest absolute Gasteiger partial charge is 0.349 e. The van der Waals surface area contributed by atoms with Gasteiger partial charge in [0.15, 0.2) is 0 Å². The minimum Gasteiger partial charge on any atom is -0.349 e. The number of rotatable bonds is 6. The molecule has 2 aliphatic rings. The van der Waals surface area contributed by atoms with E-state index in [-0.39, 0.29) is 24.0 Å². The zero-order valence-corrected chi connectivity index (χ0v) is 15.8. The molecule has 0 aromatic rings. The van der Waals surface area contributed by atoms with Crippen LogP contribution in [-0.2, 0) is 14.3 Å². The van der Waals surface area contributed by atoms with E-state index in [0.717, 1.165) is 31.3 Å². The van der Waals surface area contributed by atoms with E-state index in [9.17, 15) is 4.79 Å². The smallest absolute Gasteiger partial charge is 0.243 e. The van der Waals surface area contributed by atoms with E-state index in [1.54, 1.807) is 13.0 Å². The molecule has 0 spiro atoms. The normalized spacial score (nSPS) is 25.2. The molecule has 1 aliphatic carbocycles. The molecular weight excluding hydrogens is 316 g/mol. The number of amides is 1. The van der Waals surface area contributed by atoms with E-state index in [1.165, 1.54) is 12.0 Å². The van der Waals surface area contributed by atoms with Crippen molar-refractivity contribution in [2.75, 3.05) is 6.79 Å². The Bertz CT molecular complexity index is 525. The summed E-state index contributed by atoms with van der Waals surface area (Å²) < 4.78 is 10.8. The van der Waals surface area contributed by atoms with Crippen molar-refractivity contribution in [2.45, 2.75) is 65.1 Å². The van der Waals surface area contributed by atoms with Gasteiger partial charge < -0.3 is 9.47 Å². The first-order chi connectivity index (χ1) is 11.9. The SMILES string of the molecule is C=C(C)C(=C)CCC.C=C/C(C)=N/NC(=O)C1CCC2OCOC2C1. The Labute approximate surface area is 151 Å². The molecule has 0 bridgehead atoms. The van der Waals surface area contributed by atoms with Crippen LogP contribution in [0.3, 0.4) is 0 Å². The van der Waals surface area contributed by atoms with Crippen molar-refractivity contribution >= 4 is 11.6 Å². The molecule has 1 amide bonds. The summed E-state index contributed by atoms with van der Waals surface area (Å²) in [5.74, 6) is -0.0699. The van der Waals surface area contributed by atoms with E-state index in [2.05, 4.69) is 37.2 Å². The summed E-state index contributed by atoms with van der Waals surface area (Å²) in [6.07, 6.45) is 6.55. The van der Waals surface area contributed by atoms with Crippen molar-refractivity contribution in [1.82, 2.24) is 5.43 Å². The number of hydrogen-bond acceptors (Lipinski definition) is 4.